The minimum Gasteiger partial charge on any atom is -0.475 e. The average molecular weight is 236 g/mol. The highest BCUT2D eigenvalue weighted by atomic mass is 16.5. The number of nitrogens with one attached hydrogen (secondary N) is 1. The van der Waals surface area contributed by atoms with Crippen molar-refractivity contribution in [1.29, 1.82) is 0 Å². The second-order valence-corrected chi connectivity index (χ2v) is 4.80. The normalized spacial score (nSPS) is 20.8. The fraction of sp³-hybridized carbons (Fsp3) is 0.667. The van der Waals surface area contributed by atoms with E-state index in [2.05, 4.69) is 27.2 Å². The molecular weight excluding hydrogens is 216 g/mol. The number of hydrogen-bond donors (Lipinski definition) is 1. The monoisotopic (exact) mass is 236 g/mol. The van der Waals surface area contributed by atoms with Crippen molar-refractivity contribution < 1.29 is 4.74 Å². The molecule has 1 aromatic heterocycles. The molecule has 2 rings (SSSR count). The van der Waals surface area contributed by atoms with Crippen molar-refractivity contribution in [1.82, 2.24) is 14.9 Å². The summed E-state index contributed by atoms with van der Waals surface area (Å²) in [7, 11) is 2.13. The van der Waals surface area contributed by atoms with Gasteiger partial charge in [0, 0.05) is 18.7 Å². The highest BCUT2D eigenvalue weighted by Crippen LogP contribution is 2.16. The predicted molar refractivity (Wildman–Crippen MR) is 67.3 cm³/mol. The van der Waals surface area contributed by atoms with Gasteiger partial charge in [-0.15, -0.1) is 0 Å². The standard InChI is InChI=1S/C12H20N4O/c1-9(2)17-12-6-11(13-8-14-12)15-10-4-5-16(3)7-10/h6,8-10H,4-5,7H2,1-3H3,(H,13,14,15). The summed E-state index contributed by atoms with van der Waals surface area (Å²) < 4.78 is 5.54. The molecule has 0 spiro atoms. The molecule has 1 atom stereocenters. The third-order valence-corrected chi connectivity index (χ3v) is 2.74. The van der Waals surface area contributed by atoms with E-state index < -0.39 is 0 Å². The van der Waals surface area contributed by atoms with Crippen LogP contribution >= 0.6 is 0 Å². The SMILES string of the molecule is CC(C)Oc1cc(NC2CCN(C)C2)ncn1. The molecule has 17 heavy (non-hydrogen) atoms. The first-order chi connectivity index (χ1) is 8.13. The van der Waals surface area contributed by atoms with E-state index in [9.17, 15) is 0 Å². The Morgan fingerprint density at radius 2 is 2.29 bits per heavy atom. The maximum absolute atomic E-state index is 5.54. The Hall–Kier alpha value is -1.36. The molecule has 5 nitrogen and oxygen atoms in total. The van der Waals surface area contributed by atoms with Crippen molar-refractivity contribution in [3.05, 3.63) is 12.4 Å². The van der Waals surface area contributed by atoms with Gasteiger partial charge in [-0.05, 0) is 33.9 Å². The minimum atomic E-state index is 0.135. The maximum atomic E-state index is 5.54. The Kier molecular flexibility index (Phi) is 3.78. The van der Waals surface area contributed by atoms with Gasteiger partial charge < -0.3 is 15.0 Å². The molecule has 1 saturated heterocycles. The molecule has 1 aliphatic heterocycles. The topological polar surface area (TPSA) is 50.3 Å². The van der Waals surface area contributed by atoms with Crippen LogP contribution in [0.2, 0.25) is 0 Å². The minimum absolute atomic E-state index is 0.135. The molecule has 0 aromatic carbocycles. The molecule has 2 heterocycles. The van der Waals surface area contributed by atoms with E-state index in [1.807, 2.05) is 19.9 Å². The lowest BCUT2D eigenvalue weighted by atomic mass is 10.2. The fourth-order valence-corrected chi connectivity index (χ4v) is 1.99. The zero-order valence-electron chi connectivity index (χ0n) is 10.7. The number of likely N-dealkylation sites (tertiary alicyclic amines) is 1. The van der Waals surface area contributed by atoms with Crippen LogP contribution in [-0.2, 0) is 0 Å². The lowest BCUT2D eigenvalue weighted by Gasteiger charge is -2.14. The van der Waals surface area contributed by atoms with Crippen LogP contribution in [0.4, 0.5) is 5.82 Å². The summed E-state index contributed by atoms with van der Waals surface area (Å²) in [6, 6.07) is 2.33. The van der Waals surface area contributed by atoms with Gasteiger partial charge in [0.1, 0.15) is 12.1 Å². The second kappa shape index (κ2) is 5.31. The van der Waals surface area contributed by atoms with Gasteiger partial charge in [0.15, 0.2) is 0 Å². The average Bonchev–Trinajstić information content (AvgIpc) is 2.63. The summed E-state index contributed by atoms with van der Waals surface area (Å²) in [6.07, 6.45) is 2.83. The largest absolute Gasteiger partial charge is 0.475 e. The molecule has 0 bridgehead atoms. The Bertz CT molecular complexity index is 369. The van der Waals surface area contributed by atoms with Crippen LogP contribution in [-0.4, -0.2) is 47.2 Å². The maximum Gasteiger partial charge on any atom is 0.218 e. The van der Waals surface area contributed by atoms with E-state index in [4.69, 9.17) is 4.74 Å². The van der Waals surface area contributed by atoms with Gasteiger partial charge in [-0.2, -0.15) is 0 Å². The molecular formula is C12H20N4O. The molecule has 0 radical (unpaired) electrons. The van der Waals surface area contributed by atoms with Crippen molar-refractivity contribution in [2.24, 2.45) is 0 Å². The molecule has 1 unspecified atom stereocenters. The Balaban J connectivity index is 1.96. The highest BCUT2D eigenvalue weighted by Gasteiger charge is 2.19. The molecule has 0 aliphatic carbocycles. The van der Waals surface area contributed by atoms with Crippen LogP contribution in [0.15, 0.2) is 12.4 Å². The van der Waals surface area contributed by atoms with E-state index in [0.717, 1.165) is 25.3 Å². The Morgan fingerprint density at radius 3 is 2.94 bits per heavy atom. The number of nitrogens with zero attached hydrogens (tertiary/aromatic N) is 3. The van der Waals surface area contributed by atoms with Gasteiger partial charge in [0.25, 0.3) is 0 Å². The van der Waals surface area contributed by atoms with Crippen LogP contribution in [0.3, 0.4) is 0 Å². The van der Waals surface area contributed by atoms with E-state index in [0.29, 0.717) is 11.9 Å². The Morgan fingerprint density at radius 1 is 1.47 bits per heavy atom. The molecule has 1 aromatic rings. The third-order valence-electron chi connectivity index (χ3n) is 2.74. The van der Waals surface area contributed by atoms with Gasteiger partial charge in [-0.25, -0.2) is 9.97 Å². The van der Waals surface area contributed by atoms with Crippen LogP contribution in [0, 0.1) is 0 Å². The lowest BCUT2D eigenvalue weighted by Crippen LogP contribution is -2.24. The van der Waals surface area contributed by atoms with Crippen LogP contribution in [0.25, 0.3) is 0 Å². The van der Waals surface area contributed by atoms with Crippen molar-refractivity contribution in [3.63, 3.8) is 0 Å². The smallest absolute Gasteiger partial charge is 0.218 e. The van der Waals surface area contributed by atoms with E-state index >= 15 is 0 Å². The second-order valence-electron chi connectivity index (χ2n) is 4.80. The lowest BCUT2D eigenvalue weighted by molar-refractivity contribution is 0.232. The number of anilines is 1. The van der Waals surface area contributed by atoms with Crippen LogP contribution < -0.4 is 10.1 Å². The molecule has 0 amide bonds. The van der Waals surface area contributed by atoms with Gasteiger partial charge in [0.05, 0.1) is 6.10 Å². The molecule has 5 heteroatoms. The van der Waals surface area contributed by atoms with Gasteiger partial charge in [0.2, 0.25) is 5.88 Å². The van der Waals surface area contributed by atoms with Crippen molar-refractivity contribution in [2.45, 2.75) is 32.4 Å². The van der Waals surface area contributed by atoms with E-state index in [1.54, 1.807) is 6.33 Å². The first-order valence-corrected chi connectivity index (χ1v) is 6.07. The summed E-state index contributed by atoms with van der Waals surface area (Å²) in [5, 5.41) is 3.41. The zero-order valence-corrected chi connectivity index (χ0v) is 10.7. The van der Waals surface area contributed by atoms with Gasteiger partial charge in [-0.3, -0.25) is 0 Å². The van der Waals surface area contributed by atoms with E-state index in [-0.39, 0.29) is 6.10 Å². The summed E-state index contributed by atoms with van der Waals surface area (Å²) in [4.78, 5) is 10.6. The van der Waals surface area contributed by atoms with Crippen LogP contribution in [0.5, 0.6) is 5.88 Å². The van der Waals surface area contributed by atoms with Crippen molar-refractivity contribution in [3.8, 4) is 5.88 Å². The summed E-state index contributed by atoms with van der Waals surface area (Å²) >= 11 is 0. The summed E-state index contributed by atoms with van der Waals surface area (Å²) in [5.74, 6) is 1.47. The third kappa shape index (κ3) is 3.56. The number of rotatable bonds is 4. The molecule has 0 saturated carbocycles. The number of ether oxygens (including phenoxy) is 1. The molecule has 1 N–H and O–H groups in total. The highest BCUT2D eigenvalue weighted by molar-refractivity contribution is 5.38. The molecule has 1 fully saturated rings. The van der Waals surface area contributed by atoms with Gasteiger partial charge >= 0.3 is 0 Å². The predicted octanol–water partition coefficient (Wildman–Crippen LogP) is 1.38. The quantitative estimate of drug-likeness (QED) is 0.856. The van der Waals surface area contributed by atoms with Crippen LogP contribution in [0.1, 0.15) is 20.3 Å². The molecule has 94 valence electrons. The zero-order chi connectivity index (χ0) is 12.3. The fourth-order valence-electron chi connectivity index (χ4n) is 1.99. The first kappa shape index (κ1) is 12.1. The number of hydrogen-bond acceptors (Lipinski definition) is 5. The van der Waals surface area contributed by atoms with Gasteiger partial charge in [-0.1, -0.05) is 0 Å². The Labute approximate surface area is 102 Å². The summed E-state index contributed by atoms with van der Waals surface area (Å²) in [5.41, 5.74) is 0. The molecule has 1 aliphatic rings. The first-order valence-electron chi connectivity index (χ1n) is 6.07. The van der Waals surface area contributed by atoms with E-state index in [1.165, 1.54) is 0 Å². The summed E-state index contributed by atoms with van der Waals surface area (Å²) in [6.45, 7) is 6.17. The number of aromatic nitrogens is 2. The van der Waals surface area contributed by atoms with Crippen molar-refractivity contribution in [2.75, 3.05) is 25.5 Å². The number of likely N-dealkylation sites (N-methyl/N-ethyl adjacent to an activating group) is 1. The van der Waals surface area contributed by atoms with Crippen molar-refractivity contribution >= 4 is 5.82 Å².